The Hall–Kier alpha value is -2.21. The molecule has 6 heteroatoms. The molecule has 2 aromatic rings. The average Bonchev–Trinajstić information content (AvgIpc) is 2.45. The van der Waals surface area contributed by atoms with Gasteiger partial charge in [-0.05, 0) is 30.7 Å². The Balaban J connectivity index is 2.42. The number of fused-ring (bicyclic) bond motifs is 1. The maximum Gasteiger partial charge on any atom is 0.301 e. The van der Waals surface area contributed by atoms with Crippen molar-refractivity contribution < 1.29 is 9.66 Å². The Morgan fingerprint density at radius 1 is 1.40 bits per heavy atom. The summed E-state index contributed by atoms with van der Waals surface area (Å²) in [5.74, 6) is 0. The molecule has 0 atom stereocenters. The fourth-order valence-corrected chi connectivity index (χ4v) is 2.19. The first-order chi connectivity index (χ1) is 9.65. The van der Waals surface area contributed by atoms with Gasteiger partial charge in [-0.15, -0.1) is 0 Å². The second-order valence-corrected chi connectivity index (χ2v) is 4.53. The van der Waals surface area contributed by atoms with Crippen molar-refractivity contribution in [2.24, 2.45) is 0 Å². The molecule has 1 heterocycles. The third kappa shape index (κ3) is 2.85. The number of nitro groups is 1. The van der Waals surface area contributed by atoms with Crippen molar-refractivity contribution in [3.63, 3.8) is 0 Å². The summed E-state index contributed by atoms with van der Waals surface area (Å²) in [6, 6.07) is 7.00. The van der Waals surface area contributed by atoms with Crippen LogP contribution in [0, 0.1) is 10.1 Å². The van der Waals surface area contributed by atoms with E-state index in [1.165, 1.54) is 0 Å². The predicted molar refractivity (Wildman–Crippen MR) is 78.2 cm³/mol. The summed E-state index contributed by atoms with van der Waals surface area (Å²) in [5.41, 5.74) is 1.34. The van der Waals surface area contributed by atoms with Crippen molar-refractivity contribution in [3.8, 4) is 0 Å². The highest BCUT2D eigenvalue weighted by molar-refractivity contribution is 5.94. The Kier molecular flexibility index (Phi) is 4.47. The lowest BCUT2D eigenvalue weighted by atomic mass is 10.1. The van der Waals surface area contributed by atoms with Gasteiger partial charge in [-0.1, -0.05) is 0 Å². The van der Waals surface area contributed by atoms with Crippen molar-refractivity contribution in [1.82, 2.24) is 4.98 Å². The summed E-state index contributed by atoms with van der Waals surface area (Å²) in [6.45, 7) is 1.33. The maximum absolute atomic E-state index is 11.4. The monoisotopic (exact) mass is 275 g/mol. The van der Waals surface area contributed by atoms with E-state index in [0.717, 1.165) is 6.42 Å². The smallest absolute Gasteiger partial charge is 0.301 e. The lowest BCUT2D eigenvalue weighted by Crippen LogP contribution is -2.20. The summed E-state index contributed by atoms with van der Waals surface area (Å²) in [7, 11) is 3.49. The molecule has 0 radical (unpaired) electrons. The third-order valence-corrected chi connectivity index (χ3v) is 3.17. The van der Waals surface area contributed by atoms with E-state index in [-0.39, 0.29) is 10.6 Å². The molecule has 2 rings (SSSR count). The van der Waals surface area contributed by atoms with E-state index in [9.17, 15) is 10.1 Å². The van der Waals surface area contributed by atoms with E-state index in [1.54, 1.807) is 31.5 Å². The molecule has 6 nitrogen and oxygen atoms in total. The molecule has 0 aliphatic heterocycles. The van der Waals surface area contributed by atoms with E-state index < -0.39 is 0 Å². The highest BCUT2D eigenvalue weighted by Crippen LogP contribution is 2.34. The molecule has 0 fully saturated rings. The van der Waals surface area contributed by atoms with Crippen LogP contribution in [0.1, 0.15) is 6.42 Å². The highest BCUT2D eigenvalue weighted by Gasteiger charge is 2.21. The van der Waals surface area contributed by atoms with Gasteiger partial charge in [0.05, 0.1) is 15.8 Å². The van der Waals surface area contributed by atoms with Crippen LogP contribution >= 0.6 is 0 Å². The number of pyridine rings is 1. The van der Waals surface area contributed by atoms with Gasteiger partial charge < -0.3 is 9.64 Å². The summed E-state index contributed by atoms with van der Waals surface area (Å²) < 4.78 is 5.01. The number of hydrogen-bond acceptors (Lipinski definition) is 5. The zero-order chi connectivity index (χ0) is 14.5. The maximum atomic E-state index is 11.4. The average molecular weight is 275 g/mol. The minimum Gasteiger partial charge on any atom is -0.385 e. The van der Waals surface area contributed by atoms with Crippen molar-refractivity contribution in [2.45, 2.75) is 6.42 Å². The second-order valence-electron chi connectivity index (χ2n) is 4.53. The first-order valence-electron chi connectivity index (χ1n) is 6.37. The molecule has 0 spiro atoms. The molecule has 0 aliphatic carbocycles. The first kappa shape index (κ1) is 14.2. The number of nitrogens with zero attached hydrogens (tertiary/aromatic N) is 3. The third-order valence-electron chi connectivity index (χ3n) is 3.17. The summed E-state index contributed by atoms with van der Waals surface area (Å²) in [5, 5.41) is 12.0. The minimum absolute atomic E-state index is 0.107. The van der Waals surface area contributed by atoms with Gasteiger partial charge >= 0.3 is 5.69 Å². The molecule has 0 saturated carbocycles. The molecule has 0 aliphatic rings. The van der Waals surface area contributed by atoms with Gasteiger partial charge in [0.1, 0.15) is 5.69 Å². The molecular formula is C14H17N3O3. The van der Waals surface area contributed by atoms with Crippen LogP contribution in [0.2, 0.25) is 0 Å². The van der Waals surface area contributed by atoms with Crippen LogP contribution < -0.4 is 4.90 Å². The number of methoxy groups -OCH3 is 1. The normalized spacial score (nSPS) is 10.7. The minimum atomic E-state index is -0.341. The van der Waals surface area contributed by atoms with Gasteiger partial charge in [-0.25, -0.2) is 0 Å². The molecule has 0 unspecified atom stereocenters. The van der Waals surface area contributed by atoms with Gasteiger partial charge in [0.15, 0.2) is 0 Å². The topological polar surface area (TPSA) is 68.5 Å². The number of nitro benzene ring substituents is 1. The number of benzene rings is 1. The zero-order valence-electron chi connectivity index (χ0n) is 11.6. The zero-order valence-corrected chi connectivity index (χ0v) is 11.6. The van der Waals surface area contributed by atoms with Crippen molar-refractivity contribution >= 4 is 22.3 Å². The molecule has 106 valence electrons. The van der Waals surface area contributed by atoms with Crippen molar-refractivity contribution in [1.29, 1.82) is 0 Å². The second kappa shape index (κ2) is 6.29. The number of anilines is 1. The Labute approximate surface area is 117 Å². The molecular weight excluding hydrogens is 258 g/mol. The van der Waals surface area contributed by atoms with Crippen molar-refractivity contribution in [2.75, 3.05) is 32.2 Å². The number of aromatic nitrogens is 1. The van der Waals surface area contributed by atoms with Crippen molar-refractivity contribution in [3.05, 3.63) is 40.6 Å². The van der Waals surface area contributed by atoms with Gasteiger partial charge in [0.2, 0.25) is 0 Å². The lowest BCUT2D eigenvalue weighted by Gasteiger charge is -2.19. The molecule has 0 saturated heterocycles. The highest BCUT2D eigenvalue weighted by atomic mass is 16.6. The molecule has 0 amide bonds. The van der Waals surface area contributed by atoms with E-state index in [4.69, 9.17) is 4.74 Å². The van der Waals surface area contributed by atoms with E-state index in [1.807, 2.05) is 18.0 Å². The van der Waals surface area contributed by atoms with E-state index in [2.05, 4.69) is 4.98 Å². The summed E-state index contributed by atoms with van der Waals surface area (Å²) in [6.07, 6.45) is 2.45. The molecule has 1 aromatic carbocycles. The predicted octanol–water partition coefficient (Wildman–Crippen LogP) is 2.62. The Morgan fingerprint density at radius 2 is 2.20 bits per heavy atom. The fourth-order valence-electron chi connectivity index (χ4n) is 2.19. The largest absolute Gasteiger partial charge is 0.385 e. The van der Waals surface area contributed by atoms with E-state index in [0.29, 0.717) is 29.7 Å². The van der Waals surface area contributed by atoms with Gasteiger partial charge in [0.25, 0.3) is 0 Å². The van der Waals surface area contributed by atoms with E-state index >= 15 is 0 Å². The standard InChI is InChI=1S/C14H17N3O3/c1-16(9-4-10-20-2)13-7-6-12-11(5-3-8-15-12)14(13)17(18)19/h3,5-8H,4,9-10H2,1-2H3. The van der Waals surface area contributed by atoms with Crippen LogP contribution in [0.4, 0.5) is 11.4 Å². The molecule has 0 N–H and O–H groups in total. The number of rotatable bonds is 6. The Morgan fingerprint density at radius 3 is 2.90 bits per heavy atom. The lowest BCUT2D eigenvalue weighted by molar-refractivity contribution is -0.382. The SMILES string of the molecule is COCCCN(C)c1ccc2ncccc2c1[N+](=O)[O-]. The first-order valence-corrected chi connectivity index (χ1v) is 6.37. The Bertz CT molecular complexity index is 616. The van der Waals surface area contributed by atoms with Crippen LogP contribution in [0.3, 0.4) is 0 Å². The van der Waals surface area contributed by atoms with Crippen LogP contribution in [-0.2, 0) is 4.74 Å². The van der Waals surface area contributed by atoms with Crippen LogP contribution in [0.25, 0.3) is 10.9 Å². The molecule has 1 aromatic heterocycles. The van der Waals surface area contributed by atoms with Gasteiger partial charge in [0, 0.05) is 33.5 Å². The number of ether oxygens (including phenoxy) is 1. The van der Waals surface area contributed by atoms with Crippen LogP contribution in [-0.4, -0.2) is 37.2 Å². The van der Waals surface area contributed by atoms with Gasteiger partial charge in [-0.2, -0.15) is 0 Å². The van der Waals surface area contributed by atoms with Gasteiger partial charge in [-0.3, -0.25) is 15.1 Å². The quantitative estimate of drug-likeness (QED) is 0.460. The molecule has 0 bridgehead atoms. The molecule has 20 heavy (non-hydrogen) atoms. The summed E-state index contributed by atoms with van der Waals surface area (Å²) in [4.78, 5) is 17.1. The van der Waals surface area contributed by atoms with Crippen LogP contribution in [0.15, 0.2) is 30.5 Å². The number of hydrogen-bond donors (Lipinski definition) is 0. The fraction of sp³-hybridized carbons (Fsp3) is 0.357. The summed E-state index contributed by atoms with van der Waals surface area (Å²) >= 11 is 0. The van der Waals surface area contributed by atoms with Crippen LogP contribution in [0.5, 0.6) is 0 Å².